The standard InChI is InChI=1S/C13H11N3O4S/c17-12(8-11-2-1-7-21-11)14-15-13(18)9-3-5-10(6-4-9)16(19)20/h1-7H,8H2,(H,14,17)(H,15,18). The Balaban J connectivity index is 1.86. The number of nitro groups is 1. The summed E-state index contributed by atoms with van der Waals surface area (Å²) in [6, 6.07) is 8.74. The van der Waals surface area contributed by atoms with E-state index in [2.05, 4.69) is 10.9 Å². The summed E-state index contributed by atoms with van der Waals surface area (Å²) in [6.07, 6.45) is 0.179. The van der Waals surface area contributed by atoms with Crippen molar-refractivity contribution in [2.75, 3.05) is 0 Å². The van der Waals surface area contributed by atoms with Gasteiger partial charge in [-0.2, -0.15) is 0 Å². The maximum atomic E-state index is 11.7. The number of hydrogen-bond acceptors (Lipinski definition) is 5. The Kier molecular flexibility index (Phi) is 4.62. The third kappa shape index (κ3) is 4.11. The van der Waals surface area contributed by atoms with E-state index in [-0.39, 0.29) is 23.6 Å². The third-order valence-electron chi connectivity index (χ3n) is 2.57. The molecule has 2 aromatic rings. The molecule has 2 N–H and O–H groups in total. The first-order chi connectivity index (χ1) is 10.1. The van der Waals surface area contributed by atoms with Crippen molar-refractivity contribution in [3.63, 3.8) is 0 Å². The highest BCUT2D eigenvalue weighted by Gasteiger charge is 2.10. The molecule has 0 saturated carbocycles. The Morgan fingerprint density at radius 1 is 1.14 bits per heavy atom. The van der Waals surface area contributed by atoms with Crippen molar-refractivity contribution in [3.05, 3.63) is 62.3 Å². The average Bonchev–Trinajstić information content (AvgIpc) is 2.97. The minimum Gasteiger partial charge on any atom is -0.273 e. The molecule has 21 heavy (non-hydrogen) atoms. The fourth-order valence-corrected chi connectivity index (χ4v) is 2.25. The normalized spacial score (nSPS) is 9.90. The molecule has 1 heterocycles. The van der Waals surface area contributed by atoms with E-state index < -0.39 is 10.8 Å². The average molecular weight is 305 g/mol. The third-order valence-corrected chi connectivity index (χ3v) is 3.45. The minimum absolute atomic E-state index is 0.103. The molecule has 0 radical (unpaired) electrons. The molecule has 0 unspecified atom stereocenters. The topological polar surface area (TPSA) is 101 Å². The Labute approximate surface area is 123 Å². The number of nitrogens with one attached hydrogen (secondary N) is 2. The summed E-state index contributed by atoms with van der Waals surface area (Å²) in [7, 11) is 0. The molecule has 108 valence electrons. The molecule has 7 nitrogen and oxygen atoms in total. The number of nitro benzene ring substituents is 1. The van der Waals surface area contributed by atoms with Crippen molar-refractivity contribution >= 4 is 28.8 Å². The second-order valence-corrected chi connectivity index (χ2v) is 5.09. The number of thiophene rings is 1. The first kappa shape index (κ1) is 14.7. The number of carbonyl (C=O) groups excluding carboxylic acids is 2. The second kappa shape index (κ2) is 6.62. The zero-order valence-electron chi connectivity index (χ0n) is 10.7. The lowest BCUT2D eigenvalue weighted by Crippen LogP contribution is -2.42. The van der Waals surface area contributed by atoms with Crippen LogP contribution < -0.4 is 10.9 Å². The van der Waals surface area contributed by atoms with Gasteiger partial charge in [-0.05, 0) is 23.6 Å². The quantitative estimate of drug-likeness (QED) is 0.662. The lowest BCUT2D eigenvalue weighted by atomic mass is 10.2. The molecular weight excluding hydrogens is 294 g/mol. The van der Waals surface area contributed by atoms with Crippen molar-refractivity contribution in [2.45, 2.75) is 6.42 Å². The largest absolute Gasteiger partial charge is 0.273 e. The maximum absolute atomic E-state index is 11.7. The number of nitrogens with zero attached hydrogens (tertiary/aromatic N) is 1. The summed E-state index contributed by atoms with van der Waals surface area (Å²) in [5.41, 5.74) is 4.66. The SMILES string of the molecule is O=C(Cc1cccs1)NNC(=O)c1ccc([N+](=O)[O-])cc1. The molecule has 8 heteroatoms. The molecule has 0 fully saturated rings. The number of non-ortho nitro benzene ring substituents is 1. The van der Waals surface area contributed by atoms with Crippen LogP contribution in [-0.4, -0.2) is 16.7 Å². The maximum Gasteiger partial charge on any atom is 0.269 e. The van der Waals surface area contributed by atoms with E-state index in [9.17, 15) is 19.7 Å². The van der Waals surface area contributed by atoms with Gasteiger partial charge in [0.25, 0.3) is 11.6 Å². The van der Waals surface area contributed by atoms with Crippen molar-refractivity contribution in [3.8, 4) is 0 Å². The predicted octanol–water partition coefficient (Wildman–Crippen LogP) is 1.66. The van der Waals surface area contributed by atoms with Crippen molar-refractivity contribution in [1.82, 2.24) is 10.9 Å². The summed E-state index contributed by atoms with van der Waals surface area (Å²) in [4.78, 5) is 34.2. The summed E-state index contributed by atoms with van der Waals surface area (Å²) < 4.78 is 0. The van der Waals surface area contributed by atoms with Crippen LogP contribution in [0.1, 0.15) is 15.2 Å². The van der Waals surface area contributed by atoms with Gasteiger partial charge in [0.2, 0.25) is 5.91 Å². The van der Waals surface area contributed by atoms with E-state index in [4.69, 9.17) is 0 Å². The van der Waals surface area contributed by atoms with Crippen LogP contribution in [0.5, 0.6) is 0 Å². The Hall–Kier alpha value is -2.74. The van der Waals surface area contributed by atoms with Gasteiger partial charge in [-0.15, -0.1) is 11.3 Å². The van der Waals surface area contributed by atoms with Crippen LogP contribution in [0.3, 0.4) is 0 Å². The Morgan fingerprint density at radius 2 is 1.86 bits per heavy atom. The van der Waals surface area contributed by atoms with Gasteiger partial charge >= 0.3 is 0 Å². The molecule has 2 amide bonds. The molecular formula is C13H11N3O4S. The lowest BCUT2D eigenvalue weighted by Gasteiger charge is -2.06. The van der Waals surface area contributed by atoms with Crippen LogP contribution in [-0.2, 0) is 11.2 Å². The number of amides is 2. The van der Waals surface area contributed by atoms with Gasteiger partial charge in [-0.3, -0.25) is 30.6 Å². The van der Waals surface area contributed by atoms with Crippen LogP contribution in [0.4, 0.5) is 5.69 Å². The molecule has 0 spiro atoms. The molecule has 2 rings (SSSR count). The Morgan fingerprint density at radius 3 is 2.43 bits per heavy atom. The number of benzene rings is 1. The summed E-state index contributed by atoms with van der Waals surface area (Å²) in [5, 5.41) is 12.4. The number of rotatable bonds is 4. The molecule has 1 aromatic carbocycles. The van der Waals surface area contributed by atoms with Crippen molar-refractivity contribution in [2.24, 2.45) is 0 Å². The lowest BCUT2D eigenvalue weighted by molar-refractivity contribution is -0.384. The van der Waals surface area contributed by atoms with Crippen LogP contribution >= 0.6 is 11.3 Å². The van der Waals surface area contributed by atoms with E-state index >= 15 is 0 Å². The van der Waals surface area contributed by atoms with E-state index in [1.54, 1.807) is 0 Å². The summed E-state index contributed by atoms with van der Waals surface area (Å²) >= 11 is 1.45. The van der Waals surface area contributed by atoms with Crippen molar-refractivity contribution < 1.29 is 14.5 Å². The minimum atomic E-state index is -0.551. The van der Waals surface area contributed by atoms with E-state index in [1.807, 2.05) is 17.5 Å². The Bertz CT molecular complexity index is 653. The van der Waals surface area contributed by atoms with Crippen LogP contribution in [0.25, 0.3) is 0 Å². The molecule has 0 bridgehead atoms. The molecule has 1 aromatic heterocycles. The van der Waals surface area contributed by atoms with Gasteiger partial charge in [0.05, 0.1) is 11.3 Å². The number of carbonyl (C=O) groups is 2. The van der Waals surface area contributed by atoms with Gasteiger partial charge in [0.1, 0.15) is 0 Å². The summed E-state index contributed by atoms with van der Waals surface area (Å²) in [6.45, 7) is 0. The van der Waals surface area contributed by atoms with Gasteiger partial charge in [-0.1, -0.05) is 6.07 Å². The molecule has 0 saturated heterocycles. The highest BCUT2D eigenvalue weighted by molar-refractivity contribution is 7.10. The number of hydrazine groups is 1. The van der Waals surface area contributed by atoms with E-state index in [0.717, 1.165) is 4.88 Å². The zero-order chi connectivity index (χ0) is 15.2. The monoisotopic (exact) mass is 305 g/mol. The van der Waals surface area contributed by atoms with Gasteiger partial charge < -0.3 is 0 Å². The molecule has 0 aliphatic carbocycles. The van der Waals surface area contributed by atoms with Crippen molar-refractivity contribution in [1.29, 1.82) is 0 Å². The van der Waals surface area contributed by atoms with Crippen LogP contribution in [0.15, 0.2) is 41.8 Å². The first-order valence-corrected chi connectivity index (χ1v) is 6.80. The fraction of sp³-hybridized carbons (Fsp3) is 0.0769. The van der Waals surface area contributed by atoms with Crippen LogP contribution in [0, 0.1) is 10.1 Å². The van der Waals surface area contributed by atoms with E-state index in [0.29, 0.717) is 0 Å². The smallest absolute Gasteiger partial charge is 0.269 e. The highest BCUT2D eigenvalue weighted by atomic mass is 32.1. The highest BCUT2D eigenvalue weighted by Crippen LogP contribution is 2.11. The zero-order valence-corrected chi connectivity index (χ0v) is 11.6. The number of hydrogen-bond donors (Lipinski definition) is 2. The fourth-order valence-electron chi connectivity index (χ4n) is 1.55. The van der Waals surface area contributed by atoms with Gasteiger partial charge in [0.15, 0.2) is 0 Å². The van der Waals surface area contributed by atoms with Gasteiger partial charge in [0, 0.05) is 22.6 Å². The van der Waals surface area contributed by atoms with E-state index in [1.165, 1.54) is 35.6 Å². The molecule has 0 aliphatic heterocycles. The van der Waals surface area contributed by atoms with Gasteiger partial charge in [-0.25, -0.2) is 0 Å². The second-order valence-electron chi connectivity index (χ2n) is 4.06. The van der Waals surface area contributed by atoms with Crippen LogP contribution in [0.2, 0.25) is 0 Å². The first-order valence-electron chi connectivity index (χ1n) is 5.92. The summed E-state index contributed by atoms with van der Waals surface area (Å²) in [5.74, 6) is -0.878. The predicted molar refractivity (Wildman–Crippen MR) is 76.7 cm³/mol. The molecule has 0 aliphatic rings. The molecule has 0 atom stereocenters.